The van der Waals surface area contributed by atoms with Gasteiger partial charge in [-0.2, -0.15) is 13.2 Å². The number of nitrogens with zero attached hydrogens (tertiary/aromatic N) is 1. The maximum atomic E-state index is 13.3. The van der Waals surface area contributed by atoms with E-state index in [1.807, 2.05) is 0 Å². The molecule has 1 amide bonds. The highest BCUT2D eigenvalue weighted by atomic mass is 32.1. The van der Waals surface area contributed by atoms with Crippen LogP contribution < -0.4 is 15.8 Å². The fourth-order valence-corrected chi connectivity index (χ4v) is 3.56. The molecule has 1 aromatic carbocycles. The van der Waals surface area contributed by atoms with E-state index in [1.54, 1.807) is 24.3 Å². The first-order chi connectivity index (χ1) is 12.2. The van der Waals surface area contributed by atoms with Crippen molar-refractivity contribution in [3.8, 4) is 5.75 Å². The van der Waals surface area contributed by atoms with Crippen molar-refractivity contribution < 1.29 is 22.7 Å². The summed E-state index contributed by atoms with van der Waals surface area (Å²) < 4.78 is 45.0. The Bertz CT molecular complexity index is 982. The minimum absolute atomic E-state index is 0.0144. The number of halogens is 3. The van der Waals surface area contributed by atoms with Gasteiger partial charge in [-0.15, -0.1) is 11.3 Å². The Kier molecular flexibility index (Phi) is 4.49. The highest BCUT2D eigenvalue weighted by Crippen LogP contribution is 2.42. The van der Waals surface area contributed by atoms with Crippen LogP contribution in [0.25, 0.3) is 10.2 Å². The molecule has 0 spiro atoms. The minimum atomic E-state index is -4.59. The van der Waals surface area contributed by atoms with Crippen molar-refractivity contribution >= 4 is 38.8 Å². The van der Waals surface area contributed by atoms with Crippen LogP contribution in [0.15, 0.2) is 30.3 Å². The summed E-state index contributed by atoms with van der Waals surface area (Å²) in [7, 11) is 1.51. The summed E-state index contributed by atoms with van der Waals surface area (Å²) in [5.74, 6) is 0.0142. The van der Waals surface area contributed by atoms with Crippen molar-refractivity contribution in [2.24, 2.45) is 0 Å². The molecule has 0 radical (unpaired) electrons. The van der Waals surface area contributed by atoms with E-state index in [4.69, 9.17) is 10.5 Å². The van der Waals surface area contributed by atoms with E-state index in [2.05, 4.69) is 10.3 Å². The third-order valence-electron chi connectivity index (χ3n) is 3.69. The molecular formula is C17H14F3N3O2S. The number of rotatable bonds is 3. The normalized spacial score (nSPS) is 11.6. The predicted molar refractivity (Wildman–Crippen MR) is 94.7 cm³/mol. The van der Waals surface area contributed by atoms with Crippen LogP contribution in [-0.4, -0.2) is 18.0 Å². The molecule has 0 aliphatic rings. The highest BCUT2D eigenvalue weighted by molar-refractivity contribution is 7.21. The number of hydrogen-bond donors (Lipinski definition) is 2. The molecule has 9 heteroatoms. The molecule has 0 fully saturated rings. The molecular weight excluding hydrogens is 367 g/mol. The van der Waals surface area contributed by atoms with Gasteiger partial charge in [-0.05, 0) is 37.3 Å². The lowest BCUT2D eigenvalue weighted by Gasteiger charge is -2.09. The zero-order valence-corrected chi connectivity index (χ0v) is 14.6. The molecule has 5 nitrogen and oxygen atoms in total. The zero-order chi connectivity index (χ0) is 19.1. The van der Waals surface area contributed by atoms with Crippen molar-refractivity contribution in [2.45, 2.75) is 13.1 Å². The summed E-state index contributed by atoms with van der Waals surface area (Å²) >= 11 is 0.831. The summed E-state index contributed by atoms with van der Waals surface area (Å²) in [6.45, 7) is 1.46. The van der Waals surface area contributed by atoms with Crippen LogP contribution in [0, 0.1) is 6.92 Å². The molecule has 0 atom stereocenters. The molecule has 0 saturated heterocycles. The number of pyridine rings is 1. The molecule has 0 bridgehead atoms. The number of aromatic nitrogens is 1. The van der Waals surface area contributed by atoms with Crippen LogP contribution in [-0.2, 0) is 6.18 Å². The van der Waals surface area contributed by atoms with Crippen LogP contribution in [0.4, 0.5) is 24.5 Å². The van der Waals surface area contributed by atoms with E-state index in [9.17, 15) is 18.0 Å². The van der Waals surface area contributed by atoms with E-state index in [-0.39, 0.29) is 26.5 Å². The average Bonchev–Trinajstić information content (AvgIpc) is 2.90. The number of ether oxygens (including phenoxy) is 1. The Morgan fingerprint density at radius 3 is 2.50 bits per heavy atom. The quantitative estimate of drug-likeness (QED) is 0.702. The van der Waals surface area contributed by atoms with Crippen LogP contribution in [0.1, 0.15) is 20.9 Å². The monoisotopic (exact) mass is 381 g/mol. The van der Waals surface area contributed by atoms with Crippen molar-refractivity contribution in [1.82, 2.24) is 4.98 Å². The first kappa shape index (κ1) is 18.0. The lowest BCUT2D eigenvalue weighted by atomic mass is 10.1. The fraction of sp³-hybridized carbons (Fsp3) is 0.176. The smallest absolute Gasteiger partial charge is 0.417 e. The van der Waals surface area contributed by atoms with E-state index in [0.29, 0.717) is 11.4 Å². The van der Waals surface area contributed by atoms with E-state index in [1.165, 1.54) is 14.0 Å². The molecule has 3 N–H and O–H groups in total. The second kappa shape index (κ2) is 6.49. The summed E-state index contributed by atoms with van der Waals surface area (Å²) in [6, 6.07) is 7.46. The molecule has 2 aromatic heterocycles. The summed E-state index contributed by atoms with van der Waals surface area (Å²) in [5.41, 5.74) is 5.43. The second-order valence-corrected chi connectivity index (χ2v) is 6.52. The van der Waals surface area contributed by atoms with Crippen LogP contribution >= 0.6 is 11.3 Å². The van der Waals surface area contributed by atoms with Crippen LogP contribution in [0.2, 0.25) is 0 Å². The third kappa shape index (κ3) is 3.30. The van der Waals surface area contributed by atoms with E-state index < -0.39 is 17.6 Å². The zero-order valence-electron chi connectivity index (χ0n) is 13.8. The molecule has 2 heterocycles. The number of nitrogens with two attached hydrogens (primary N) is 1. The minimum Gasteiger partial charge on any atom is -0.497 e. The number of nitrogen functional groups attached to an aromatic ring is 1. The Balaban J connectivity index is 2.02. The first-order valence-electron chi connectivity index (χ1n) is 7.43. The van der Waals surface area contributed by atoms with Gasteiger partial charge in [0, 0.05) is 16.8 Å². The number of carbonyl (C=O) groups excluding carboxylic acids is 1. The molecule has 136 valence electrons. The number of thiophene rings is 1. The van der Waals surface area contributed by atoms with Gasteiger partial charge in [-0.25, -0.2) is 4.98 Å². The van der Waals surface area contributed by atoms with Gasteiger partial charge in [0.05, 0.1) is 18.4 Å². The maximum Gasteiger partial charge on any atom is 0.417 e. The number of aryl methyl sites for hydroxylation is 1. The number of amides is 1. The fourth-order valence-electron chi connectivity index (χ4n) is 2.50. The molecule has 26 heavy (non-hydrogen) atoms. The largest absolute Gasteiger partial charge is 0.497 e. The van der Waals surface area contributed by atoms with Gasteiger partial charge in [-0.1, -0.05) is 0 Å². The average molecular weight is 381 g/mol. The SMILES string of the molecule is COc1ccc(NC(=O)c2sc3nc(C)cc(C(F)(F)F)c3c2N)cc1. The molecule has 0 aliphatic heterocycles. The number of alkyl halides is 3. The summed E-state index contributed by atoms with van der Waals surface area (Å²) in [4.78, 5) is 16.6. The lowest BCUT2D eigenvalue weighted by Crippen LogP contribution is -2.12. The lowest BCUT2D eigenvalue weighted by molar-refractivity contribution is -0.136. The van der Waals surface area contributed by atoms with Gasteiger partial charge in [0.15, 0.2) is 0 Å². The standard InChI is InChI=1S/C17H14F3N3O2S/c1-8-7-11(17(18,19)20)12-13(21)14(26-16(12)22-8)15(24)23-9-3-5-10(25-2)6-4-9/h3-7H,21H2,1-2H3,(H,23,24). The molecule has 0 unspecified atom stereocenters. The molecule has 3 rings (SSSR count). The topological polar surface area (TPSA) is 77.2 Å². The van der Waals surface area contributed by atoms with Gasteiger partial charge in [0.2, 0.25) is 0 Å². The van der Waals surface area contributed by atoms with E-state index in [0.717, 1.165) is 17.4 Å². The van der Waals surface area contributed by atoms with Crippen molar-refractivity contribution in [3.63, 3.8) is 0 Å². The van der Waals surface area contributed by atoms with Crippen LogP contribution in [0.3, 0.4) is 0 Å². The Morgan fingerprint density at radius 1 is 1.27 bits per heavy atom. The highest BCUT2D eigenvalue weighted by Gasteiger charge is 2.35. The number of anilines is 2. The molecule has 0 aliphatic carbocycles. The van der Waals surface area contributed by atoms with E-state index >= 15 is 0 Å². The number of methoxy groups -OCH3 is 1. The first-order valence-corrected chi connectivity index (χ1v) is 8.24. The third-order valence-corrected chi connectivity index (χ3v) is 4.78. The number of hydrogen-bond acceptors (Lipinski definition) is 5. The number of nitrogens with one attached hydrogen (secondary N) is 1. The molecule has 0 saturated carbocycles. The van der Waals surface area contributed by atoms with Gasteiger partial charge < -0.3 is 15.8 Å². The second-order valence-electron chi connectivity index (χ2n) is 5.52. The van der Waals surface area contributed by atoms with Crippen molar-refractivity contribution in [3.05, 3.63) is 46.5 Å². The van der Waals surface area contributed by atoms with Gasteiger partial charge in [-0.3, -0.25) is 4.79 Å². The Labute approximate surface area is 150 Å². The Hall–Kier alpha value is -2.81. The van der Waals surface area contributed by atoms with Crippen molar-refractivity contribution in [1.29, 1.82) is 0 Å². The van der Waals surface area contributed by atoms with Crippen molar-refractivity contribution in [2.75, 3.05) is 18.2 Å². The predicted octanol–water partition coefficient (Wildman–Crippen LogP) is 4.47. The van der Waals surface area contributed by atoms with Gasteiger partial charge in [0.1, 0.15) is 15.5 Å². The summed E-state index contributed by atoms with van der Waals surface area (Å²) in [6.07, 6.45) is -4.59. The summed E-state index contributed by atoms with van der Waals surface area (Å²) in [5, 5.41) is 2.37. The maximum absolute atomic E-state index is 13.3. The van der Waals surface area contributed by atoms with Gasteiger partial charge >= 0.3 is 6.18 Å². The number of fused-ring (bicyclic) bond motifs is 1. The number of benzene rings is 1. The van der Waals surface area contributed by atoms with Crippen LogP contribution in [0.5, 0.6) is 5.75 Å². The number of carbonyl (C=O) groups is 1. The van der Waals surface area contributed by atoms with Gasteiger partial charge in [0.25, 0.3) is 5.91 Å². The Morgan fingerprint density at radius 2 is 1.92 bits per heavy atom. The molecule has 3 aromatic rings.